The zero-order valence-corrected chi connectivity index (χ0v) is 37.3. The first-order chi connectivity index (χ1) is 33.8. The molecule has 0 spiro atoms. The minimum absolute atomic E-state index is 1.07. The molecule has 0 aliphatic heterocycles. The lowest BCUT2D eigenvalue weighted by atomic mass is 9.90. The van der Waals surface area contributed by atoms with E-state index in [0.29, 0.717) is 0 Å². The fourth-order valence-electron chi connectivity index (χ4n) is 10.7. The van der Waals surface area contributed by atoms with Gasteiger partial charge in [-0.05, 0) is 114 Å². The van der Waals surface area contributed by atoms with Crippen LogP contribution in [0.4, 0.5) is 17.1 Å². The van der Waals surface area contributed by atoms with E-state index in [9.17, 15) is 0 Å². The van der Waals surface area contributed by atoms with Crippen LogP contribution < -0.4 is 4.90 Å². The SMILES string of the molecule is c1ccc(-c2cccc3cccc(-c4ccccc4N(c4ccc(-c5cccc6c5ccc5ccccc56)cc4)c4cccc(-c5cccc6c7ccccc7n(-c7ccccc7)c56)c4)c23)cc1. The van der Waals surface area contributed by atoms with E-state index in [0.717, 1.165) is 33.9 Å². The molecule has 0 saturated carbocycles. The Morgan fingerprint density at radius 2 is 0.853 bits per heavy atom. The van der Waals surface area contributed by atoms with E-state index in [-0.39, 0.29) is 0 Å². The maximum Gasteiger partial charge on any atom is 0.0619 e. The number of para-hydroxylation sites is 4. The van der Waals surface area contributed by atoms with Crippen LogP contribution in [0.1, 0.15) is 0 Å². The zero-order chi connectivity index (χ0) is 45.0. The molecule has 0 fully saturated rings. The molecule has 2 nitrogen and oxygen atoms in total. The second-order valence-corrected chi connectivity index (χ2v) is 17.6. The van der Waals surface area contributed by atoms with Crippen molar-refractivity contribution in [3.8, 4) is 50.2 Å². The van der Waals surface area contributed by atoms with Crippen molar-refractivity contribution in [2.75, 3.05) is 4.90 Å². The molecule has 318 valence electrons. The number of benzene rings is 12. The van der Waals surface area contributed by atoms with Gasteiger partial charge in [-0.1, -0.05) is 218 Å². The van der Waals surface area contributed by atoms with Gasteiger partial charge in [0.15, 0.2) is 0 Å². The first-order valence-corrected chi connectivity index (χ1v) is 23.4. The first kappa shape index (κ1) is 39.4. The standard InChI is InChI=1S/C66H44N2/c1-3-18-45(19-4-1)55-31-14-21-48-22-15-34-61(65(48)55)59-28-9-11-36-63(59)67(51-41-38-47(39-42-51)54-30-16-33-57-53-27-8-7-20-46(53)40-43-58(54)57)52-26-13-23-49(44-52)56-32-17-35-62-60-29-10-12-37-64(60)68(66(56)62)50-24-5-2-6-25-50/h1-44H. The molecule has 0 atom stereocenters. The zero-order valence-electron chi connectivity index (χ0n) is 37.3. The topological polar surface area (TPSA) is 8.17 Å². The van der Waals surface area contributed by atoms with Crippen molar-refractivity contribution < 1.29 is 0 Å². The van der Waals surface area contributed by atoms with Crippen molar-refractivity contribution in [1.29, 1.82) is 0 Å². The van der Waals surface area contributed by atoms with Crippen LogP contribution in [0.15, 0.2) is 267 Å². The quantitative estimate of drug-likeness (QED) is 0.138. The van der Waals surface area contributed by atoms with Gasteiger partial charge < -0.3 is 9.47 Å². The van der Waals surface area contributed by atoms with Crippen LogP contribution in [-0.2, 0) is 0 Å². The lowest BCUT2D eigenvalue weighted by Gasteiger charge is -2.29. The summed E-state index contributed by atoms with van der Waals surface area (Å²) < 4.78 is 2.43. The molecule has 0 amide bonds. The monoisotopic (exact) mass is 864 g/mol. The molecule has 68 heavy (non-hydrogen) atoms. The van der Waals surface area contributed by atoms with Crippen molar-refractivity contribution in [3.05, 3.63) is 267 Å². The van der Waals surface area contributed by atoms with Gasteiger partial charge in [0, 0.05) is 39.0 Å². The lowest BCUT2D eigenvalue weighted by molar-refractivity contribution is 1.18. The van der Waals surface area contributed by atoms with E-state index in [1.54, 1.807) is 0 Å². The predicted molar refractivity (Wildman–Crippen MR) is 290 cm³/mol. The number of hydrogen-bond donors (Lipinski definition) is 0. The average molecular weight is 865 g/mol. The Balaban J connectivity index is 1.03. The average Bonchev–Trinajstić information content (AvgIpc) is 3.76. The fourth-order valence-corrected chi connectivity index (χ4v) is 10.7. The predicted octanol–water partition coefficient (Wildman–Crippen LogP) is 18.4. The maximum atomic E-state index is 2.45. The third-order valence-corrected chi connectivity index (χ3v) is 13.8. The molecule has 1 heterocycles. The Kier molecular flexibility index (Phi) is 9.54. The molecule has 13 aromatic rings. The van der Waals surface area contributed by atoms with E-state index < -0.39 is 0 Å². The summed E-state index contributed by atoms with van der Waals surface area (Å²) in [6.45, 7) is 0. The number of nitrogens with zero attached hydrogens (tertiary/aromatic N) is 2. The van der Waals surface area contributed by atoms with Crippen LogP contribution in [0.2, 0.25) is 0 Å². The molecule has 12 aromatic carbocycles. The summed E-state index contributed by atoms with van der Waals surface area (Å²) in [5.74, 6) is 0. The number of rotatable bonds is 8. The second kappa shape index (κ2) is 16.5. The first-order valence-electron chi connectivity index (χ1n) is 23.4. The van der Waals surface area contributed by atoms with Gasteiger partial charge in [-0.3, -0.25) is 0 Å². The van der Waals surface area contributed by atoms with Gasteiger partial charge in [-0.2, -0.15) is 0 Å². The van der Waals surface area contributed by atoms with Gasteiger partial charge in [-0.15, -0.1) is 0 Å². The van der Waals surface area contributed by atoms with Gasteiger partial charge >= 0.3 is 0 Å². The highest BCUT2D eigenvalue weighted by atomic mass is 15.1. The minimum atomic E-state index is 1.07. The van der Waals surface area contributed by atoms with Crippen molar-refractivity contribution in [1.82, 2.24) is 4.57 Å². The third kappa shape index (κ3) is 6.57. The molecule has 2 heteroatoms. The van der Waals surface area contributed by atoms with Crippen molar-refractivity contribution >= 4 is 71.2 Å². The molecule has 13 rings (SSSR count). The minimum Gasteiger partial charge on any atom is -0.310 e. The van der Waals surface area contributed by atoms with Crippen LogP contribution in [0.5, 0.6) is 0 Å². The Morgan fingerprint density at radius 3 is 1.69 bits per heavy atom. The lowest BCUT2D eigenvalue weighted by Crippen LogP contribution is -2.11. The van der Waals surface area contributed by atoms with Crippen LogP contribution >= 0.6 is 0 Å². The highest BCUT2D eigenvalue weighted by molar-refractivity contribution is 6.15. The van der Waals surface area contributed by atoms with Gasteiger partial charge in [0.1, 0.15) is 0 Å². The normalized spacial score (nSPS) is 11.5. The molecule has 0 bridgehead atoms. The summed E-state index contributed by atoms with van der Waals surface area (Å²) in [4.78, 5) is 2.45. The summed E-state index contributed by atoms with van der Waals surface area (Å²) >= 11 is 0. The Bertz CT molecular complexity index is 4010. The molecule has 0 aliphatic rings. The summed E-state index contributed by atoms with van der Waals surface area (Å²) in [5, 5.41) is 9.96. The largest absolute Gasteiger partial charge is 0.310 e. The van der Waals surface area contributed by atoms with Crippen molar-refractivity contribution in [3.63, 3.8) is 0 Å². The van der Waals surface area contributed by atoms with E-state index in [4.69, 9.17) is 0 Å². The molecule has 0 radical (unpaired) electrons. The fraction of sp³-hybridized carbons (Fsp3) is 0. The number of fused-ring (bicyclic) bond motifs is 7. The van der Waals surface area contributed by atoms with Gasteiger partial charge in [-0.25, -0.2) is 0 Å². The van der Waals surface area contributed by atoms with Crippen LogP contribution in [0.25, 0.3) is 104 Å². The summed E-state index contributed by atoms with van der Waals surface area (Å²) in [6.07, 6.45) is 0. The number of aromatic nitrogens is 1. The summed E-state index contributed by atoms with van der Waals surface area (Å²) in [7, 11) is 0. The molecular formula is C66H44N2. The summed E-state index contributed by atoms with van der Waals surface area (Å²) in [6, 6.07) is 97.6. The Labute approximate surface area is 395 Å². The molecule has 0 unspecified atom stereocenters. The van der Waals surface area contributed by atoms with Crippen molar-refractivity contribution in [2.24, 2.45) is 0 Å². The maximum absolute atomic E-state index is 2.45. The smallest absolute Gasteiger partial charge is 0.0619 e. The summed E-state index contributed by atoms with van der Waals surface area (Å²) in [5.41, 5.74) is 16.3. The number of hydrogen-bond acceptors (Lipinski definition) is 1. The van der Waals surface area contributed by atoms with E-state index in [1.807, 2.05) is 0 Å². The second-order valence-electron chi connectivity index (χ2n) is 17.6. The highest BCUT2D eigenvalue weighted by Gasteiger charge is 2.22. The van der Waals surface area contributed by atoms with Crippen LogP contribution in [-0.4, -0.2) is 4.57 Å². The van der Waals surface area contributed by atoms with Crippen molar-refractivity contribution in [2.45, 2.75) is 0 Å². The van der Waals surface area contributed by atoms with E-state index >= 15 is 0 Å². The molecular weight excluding hydrogens is 821 g/mol. The molecule has 1 aromatic heterocycles. The molecule has 0 saturated heterocycles. The van der Waals surface area contributed by atoms with Crippen LogP contribution in [0, 0.1) is 0 Å². The molecule has 0 aliphatic carbocycles. The Morgan fingerprint density at radius 1 is 0.279 bits per heavy atom. The Hall–Kier alpha value is -8.98. The molecule has 0 N–H and O–H groups in total. The van der Waals surface area contributed by atoms with E-state index in [1.165, 1.54) is 87.5 Å². The van der Waals surface area contributed by atoms with Crippen LogP contribution in [0.3, 0.4) is 0 Å². The van der Waals surface area contributed by atoms with E-state index in [2.05, 4.69) is 276 Å². The van der Waals surface area contributed by atoms with Gasteiger partial charge in [0.25, 0.3) is 0 Å². The highest BCUT2D eigenvalue weighted by Crippen LogP contribution is 2.47. The van der Waals surface area contributed by atoms with Gasteiger partial charge in [0.2, 0.25) is 0 Å². The van der Waals surface area contributed by atoms with Gasteiger partial charge in [0.05, 0.1) is 16.7 Å². The third-order valence-electron chi connectivity index (χ3n) is 13.8. The number of anilines is 3.